The van der Waals surface area contributed by atoms with Crippen LogP contribution in [0.1, 0.15) is 21.5 Å². The predicted octanol–water partition coefficient (Wildman–Crippen LogP) is 2.61. The van der Waals surface area contributed by atoms with E-state index in [4.69, 9.17) is 4.74 Å². The Kier molecular flexibility index (Phi) is 5.41. The molecular formula is C22H27N3O2. The Balaban J connectivity index is 1.33. The molecule has 142 valence electrons. The highest BCUT2D eigenvalue weighted by molar-refractivity contribution is 5.94. The number of fused-ring (bicyclic) bond motifs is 1. The summed E-state index contributed by atoms with van der Waals surface area (Å²) in [5.74, 6) is 0.0829. The van der Waals surface area contributed by atoms with Gasteiger partial charge in [-0.2, -0.15) is 0 Å². The molecule has 0 saturated carbocycles. The average molecular weight is 365 g/mol. The summed E-state index contributed by atoms with van der Waals surface area (Å²) in [7, 11) is 1.88. The molecule has 2 aliphatic heterocycles. The normalized spacial score (nSPS) is 17.0. The van der Waals surface area contributed by atoms with Crippen molar-refractivity contribution in [2.75, 3.05) is 51.3 Å². The van der Waals surface area contributed by atoms with Crippen LogP contribution >= 0.6 is 0 Å². The highest BCUT2D eigenvalue weighted by atomic mass is 16.5. The van der Waals surface area contributed by atoms with Crippen molar-refractivity contribution in [1.29, 1.82) is 0 Å². The number of likely N-dealkylation sites (N-methyl/N-ethyl adjacent to an activating group) is 1. The first-order chi connectivity index (χ1) is 13.2. The molecule has 0 aromatic heterocycles. The first-order valence-corrected chi connectivity index (χ1v) is 9.68. The average Bonchev–Trinajstić information content (AvgIpc) is 3.16. The van der Waals surface area contributed by atoms with Crippen LogP contribution in [0.4, 0.5) is 5.69 Å². The molecule has 5 heteroatoms. The zero-order valence-electron chi connectivity index (χ0n) is 15.9. The van der Waals surface area contributed by atoms with Crippen LogP contribution in [-0.2, 0) is 17.8 Å². The second-order valence-corrected chi connectivity index (χ2v) is 7.35. The van der Waals surface area contributed by atoms with Gasteiger partial charge in [-0.1, -0.05) is 24.3 Å². The quantitative estimate of drug-likeness (QED) is 0.816. The van der Waals surface area contributed by atoms with Gasteiger partial charge in [0.05, 0.1) is 13.2 Å². The van der Waals surface area contributed by atoms with Gasteiger partial charge in [0.25, 0.3) is 5.91 Å². The van der Waals surface area contributed by atoms with Crippen LogP contribution in [0.2, 0.25) is 0 Å². The summed E-state index contributed by atoms with van der Waals surface area (Å²) in [6.07, 6.45) is 0. The summed E-state index contributed by atoms with van der Waals surface area (Å²) < 4.78 is 5.37. The number of anilines is 1. The highest BCUT2D eigenvalue weighted by Crippen LogP contribution is 2.28. The summed E-state index contributed by atoms with van der Waals surface area (Å²) in [5.41, 5.74) is 4.69. The summed E-state index contributed by atoms with van der Waals surface area (Å²) in [6, 6.07) is 16.6. The third-order valence-corrected chi connectivity index (χ3v) is 5.52. The molecule has 0 radical (unpaired) electrons. The molecule has 2 aliphatic rings. The summed E-state index contributed by atoms with van der Waals surface area (Å²) in [6.45, 7) is 6.99. The minimum absolute atomic E-state index is 0.0829. The Morgan fingerprint density at radius 1 is 1.00 bits per heavy atom. The molecule has 1 saturated heterocycles. The second-order valence-electron chi connectivity index (χ2n) is 7.35. The second kappa shape index (κ2) is 8.11. The fourth-order valence-corrected chi connectivity index (χ4v) is 3.77. The van der Waals surface area contributed by atoms with Crippen LogP contribution in [-0.4, -0.2) is 62.1 Å². The number of benzene rings is 2. The lowest BCUT2D eigenvalue weighted by molar-refractivity contribution is 0.0338. The lowest BCUT2D eigenvalue weighted by Gasteiger charge is -2.28. The van der Waals surface area contributed by atoms with Crippen molar-refractivity contribution in [3.63, 3.8) is 0 Å². The number of nitrogens with zero attached hydrogens (tertiary/aromatic N) is 3. The number of morpholine rings is 1. The highest BCUT2D eigenvalue weighted by Gasteiger charge is 2.19. The van der Waals surface area contributed by atoms with Gasteiger partial charge < -0.3 is 14.5 Å². The SMILES string of the molecule is CN(CCN1CCOCC1)C(=O)c1ccc(N2Cc3ccccc3C2)cc1. The van der Waals surface area contributed by atoms with Crippen LogP contribution in [0.3, 0.4) is 0 Å². The molecule has 0 N–H and O–H groups in total. The lowest BCUT2D eigenvalue weighted by atomic mass is 10.1. The van der Waals surface area contributed by atoms with Gasteiger partial charge in [0.1, 0.15) is 0 Å². The Bertz CT molecular complexity index is 759. The van der Waals surface area contributed by atoms with Crippen LogP contribution in [0, 0.1) is 0 Å². The maximum atomic E-state index is 12.7. The molecule has 2 aromatic carbocycles. The third kappa shape index (κ3) is 4.15. The lowest BCUT2D eigenvalue weighted by Crippen LogP contribution is -2.41. The number of carbonyl (C=O) groups is 1. The molecule has 0 aliphatic carbocycles. The van der Waals surface area contributed by atoms with Crippen molar-refractivity contribution >= 4 is 11.6 Å². The number of carbonyl (C=O) groups excluding carboxylic acids is 1. The number of hydrogen-bond donors (Lipinski definition) is 0. The smallest absolute Gasteiger partial charge is 0.253 e. The van der Waals surface area contributed by atoms with Gasteiger partial charge in [0.15, 0.2) is 0 Å². The monoisotopic (exact) mass is 365 g/mol. The fraction of sp³-hybridized carbons (Fsp3) is 0.409. The number of amides is 1. The molecule has 0 atom stereocenters. The molecule has 1 amide bonds. The Morgan fingerprint density at radius 3 is 2.26 bits per heavy atom. The molecule has 4 rings (SSSR count). The summed E-state index contributed by atoms with van der Waals surface area (Å²) >= 11 is 0. The first kappa shape index (κ1) is 18.0. The van der Waals surface area contributed by atoms with Gasteiger partial charge in [-0.15, -0.1) is 0 Å². The maximum Gasteiger partial charge on any atom is 0.253 e. The first-order valence-electron chi connectivity index (χ1n) is 9.68. The number of ether oxygens (including phenoxy) is 1. The molecule has 0 spiro atoms. The Labute approximate surface area is 161 Å². The van der Waals surface area contributed by atoms with Gasteiger partial charge in [-0.25, -0.2) is 0 Å². The van der Waals surface area contributed by atoms with Crippen molar-refractivity contribution in [3.8, 4) is 0 Å². The van der Waals surface area contributed by atoms with E-state index >= 15 is 0 Å². The van der Waals surface area contributed by atoms with Gasteiger partial charge in [-0.05, 0) is 35.4 Å². The molecule has 1 fully saturated rings. The predicted molar refractivity (Wildman–Crippen MR) is 107 cm³/mol. The van der Waals surface area contributed by atoms with Crippen LogP contribution in [0.25, 0.3) is 0 Å². The van der Waals surface area contributed by atoms with Crippen LogP contribution in [0.15, 0.2) is 48.5 Å². The third-order valence-electron chi connectivity index (χ3n) is 5.52. The molecule has 27 heavy (non-hydrogen) atoms. The van der Waals surface area contributed by atoms with E-state index in [9.17, 15) is 4.79 Å². The van der Waals surface area contributed by atoms with E-state index in [0.717, 1.165) is 58.0 Å². The maximum absolute atomic E-state index is 12.7. The van der Waals surface area contributed by atoms with E-state index in [0.29, 0.717) is 0 Å². The van der Waals surface area contributed by atoms with Crippen molar-refractivity contribution in [2.24, 2.45) is 0 Å². The van der Waals surface area contributed by atoms with Crippen LogP contribution < -0.4 is 4.90 Å². The molecule has 5 nitrogen and oxygen atoms in total. The van der Waals surface area contributed by atoms with Gasteiger partial charge >= 0.3 is 0 Å². The van der Waals surface area contributed by atoms with E-state index in [1.807, 2.05) is 24.1 Å². The van der Waals surface area contributed by atoms with E-state index in [-0.39, 0.29) is 5.91 Å². The zero-order valence-corrected chi connectivity index (χ0v) is 15.9. The molecule has 0 unspecified atom stereocenters. The largest absolute Gasteiger partial charge is 0.379 e. The van der Waals surface area contributed by atoms with Crippen molar-refractivity contribution in [3.05, 3.63) is 65.2 Å². The van der Waals surface area contributed by atoms with E-state index < -0.39 is 0 Å². The standard InChI is InChI=1S/C22H27N3O2/c1-23(10-11-24-12-14-27-15-13-24)22(26)18-6-8-21(9-7-18)25-16-19-4-2-3-5-20(19)17-25/h2-9H,10-17H2,1H3. The Morgan fingerprint density at radius 2 is 1.63 bits per heavy atom. The zero-order chi connectivity index (χ0) is 18.6. The van der Waals surface area contributed by atoms with Crippen molar-refractivity contribution in [1.82, 2.24) is 9.80 Å². The summed E-state index contributed by atoms with van der Waals surface area (Å²) in [4.78, 5) is 19.2. The van der Waals surface area contributed by atoms with Gasteiger partial charge in [-0.3, -0.25) is 9.69 Å². The molecule has 2 heterocycles. The molecule has 0 bridgehead atoms. The van der Waals surface area contributed by atoms with Gasteiger partial charge in [0.2, 0.25) is 0 Å². The van der Waals surface area contributed by atoms with Crippen molar-refractivity contribution < 1.29 is 9.53 Å². The minimum atomic E-state index is 0.0829. The van der Waals surface area contributed by atoms with Crippen LogP contribution in [0.5, 0.6) is 0 Å². The van der Waals surface area contributed by atoms with Gasteiger partial charge in [0, 0.05) is 57.6 Å². The van der Waals surface area contributed by atoms with Crippen molar-refractivity contribution in [2.45, 2.75) is 13.1 Å². The Hall–Kier alpha value is -2.37. The molecular weight excluding hydrogens is 338 g/mol. The minimum Gasteiger partial charge on any atom is -0.379 e. The van der Waals surface area contributed by atoms with E-state index in [1.165, 1.54) is 16.8 Å². The van der Waals surface area contributed by atoms with E-state index in [2.05, 4.69) is 46.2 Å². The number of hydrogen-bond acceptors (Lipinski definition) is 4. The van der Waals surface area contributed by atoms with E-state index in [1.54, 1.807) is 0 Å². The topological polar surface area (TPSA) is 36.0 Å². The summed E-state index contributed by atoms with van der Waals surface area (Å²) in [5, 5.41) is 0. The fourth-order valence-electron chi connectivity index (χ4n) is 3.77. The number of rotatable bonds is 5. The molecule has 2 aromatic rings.